The number of hydrogen-bond acceptors (Lipinski definition) is 5. The lowest BCUT2D eigenvalue weighted by molar-refractivity contribution is -0.142. The van der Waals surface area contributed by atoms with Crippen LogP contribution >= 0.6 is 0 Å². The molecule has 0 saturated carbocycles. The van der Waals surface area contributed by atoms with E-state index >= 15 is 0 Å². The third-order valence-electron chi connectivity index (χ3n) is 2.80. The molecule has 1 atom stereocenters. The van der Waals surface area contributed by atoms with E-state index in [0.717, 1.165) is 16.7 Å². The second-order valence-electron chi connectivity index (χ2n) is 4.09. The molecule has 0 aliphatic carbocycles. The van der Waals surface area contributed by atoms with Gasteiger partial charge in [0.2, 0.25) is 0 Å². The number of nitrogens with zero attached hydrogens (tertiary/aromatic N) is 1. The molecule has 0 radical (unpaired) electrons. The van der Waals surface area contributed by atoms with Gasteiger partial charge < -0.3 is 15.2 Å². The maximum absolute atomic E-state index is 11.2. The predicted molar refractivity (Wildman–Crippen MR) is 71.8 cm³/mol. The second-order valence-corrected chi connectivity index (χ2v) is 4.09. The zero-order valence-corrected chi connectivity index (χ0v) is 10.7. The summed E-state index contributed by atoms with van der Waals surface area (Å²) in [6.45, 7) is 0.351. The zero-order valence-electron chi connectivity index (χ0n) is 10.7. The highest BCUT2D eigenvalue weighted by atomic mass is 16.5. The maximum Gasteiger partial charge on any atom is 0.322 e. The molecule has 1 aromatic carbocycles. The molecule has 1 heterocycles. The van der Waals surface area contributed by atoms with Crippen molar-refractivity contribution in [3.8, 4) is 5.75 Å². The SMILES string of the molecule is COC(=O)C(N)CCOc1cccc2ncccc12. The van der Waals surface area contributed by atoms with Crippen LogP contribution in [0.15, 0.2) is 36.5 Å². The molecule has 0 aliphatic rings. The number of fused-ring (bicyclic) bond motifs is 1. The van der Waals surface area contributed by atoms with Crippen LogP contribution in [0, 0.1) is 0 Å². The van der Waals surface area contributed by atoms with Crippen molar-refractivity contribution in [3.05, 3.63) is 36.5 Å². The van der Waals surface area contributed by atoms with Crippen LogP contribution in [-0.4, -0.2) is 30.7 Å². The number of rotatable bonds is 5. The molecule has 100 valence electrons. The van der Waals surface area contributed by atoms with E-state index in [-0.39, 0.29) is 0 Å². The lowest BCUT2D eigenvalue weighted by Crippen LogP contribution is -2.33. The van der Waals surface area contributed by atoms with Crippen LogP contribution in [-0.2, 0) is 9.53 Å². The van der Waals surface area contributed by atoms with Gasteiger partial charge >= 0.3 is 5.97 Å². The molecule has 1 aromatic heterocycles. The molecule has 2 rings (SSSR count). The average molecular weight is 260 g/mol. The largest absolute Gasteiger partial charge is 0.493 e. The molecule has 0 bridgehead atoms. The number of methoxy groups -OCH3 is 1. The highest BCUT2D eigenvalue weighted by Gasteiger charge is 2.13. The van der Waals surface area contributed by atoms with Crippen LogP contribution in [0.4, 0.5) is 0 Å². The quantitative estimate of drug-likeness (QED) is 0.825. The Hall–Kier alpha value is -2.14. The van der Waals surface area contributed by atoms with Gasteiger partial charge in [-0.1, -0.05) is 6.07 Å². The van der Waals surface area contributed by atoms with E-state index in [9.17, 15) is 4.79 Å². The third-order valence-corrected chi connectivity index (χ3v) is 2.80. The Morgan fingerprint density at radius 2 is 2.21 bits per heavy atom. The average Bonchev–Trinajstić information content (AvgIpc) is 2.46. The Balaban J connectivity index is 2.00. The summed E-state index contributed by atoms with van der Waals surface area (Å²) in [7, 11) is 1.32. The van der Waals surface area contributed by atoms with Gasteiger partial charge in [-0.15, -0.1) is 0 Å². The smallest absolute Gasteiger partial charge is 0.322 e. The molecular weight excluding hydrogens is 244 g/mol. The number of ether oxygens (including phenoxy) is 2. The van der Waals surface area contributed by atoms with E-state index in [1.54, 1.807) is 6.20 Å². The molecule has 0 spiro atoms. The Morgan fingerprint density at radius 3 is 3.00 bits per heavy atom. The van der Waals surface area contributed by atoms with E-state index in [2.05, 4.69) is 9.72 Å². The topological polar surface area (TPSA) is 74.4 Å². The number of esters is 1. The number of nitrogens with two attached hydrogens (primary N) is 1. The molecule has 0 aliphatic heterocycles. The number of benzene rings is 1. The van der Waals surface area contributed by atoms with Crippen LogP contribution in [0.5, 0.6) is 5.75 Å². The van der Waals surface area contributed by atoms with Gasteiger partial charge in [0.05, 0.1) is 19.2 Å². The lowest BCUT2D eigenvalue weighted by atomic mass is 10.2. The minimum Gasteiger partial charge on any atom is -0.493 e. The molecule has 19 heavy (non-hydrogen) atoms. The van der Waals surface area contributed by atoms with Crippen molar-refractivity contribution in [3.63, 3.8) is 0 Å². The third kappa shape index (κ3) is 3.20. The summed E-state index contributed by atoms with van der Waals surface area (Å²) in [5.41, 5.74) is 6.51. The van der Waals surface area contributed by atoms with E-state index in [1.807, 2.05) is 30.3 Å². The monoisotopic (exact) mass is 260 g/mol. The van der Waals surface area contributed by atoms with Gasteiger partial charge in [0.1, 0.15) is 11.8 Å². The van der Waals surface area contributed by atoms with Gasteiger partial charge in [-0.25, -0.2) is 0 Å². The van der Waals surface area contributed by atoms with Crippen LogP contribution < -0.4 is 10.5 Å². The fourth-order valence-corrected chi connectivity index (χ4v) is 1.77. The molecule has 2 aromatic rings. The van der Waals surface area contributed by atoms with Crippen molar-refractivity contribution in [2.45, 2.75) is 12.5 Å². The molecule has 5 heteroatoms. The van der Waals surface area contributed by atoms with Crippen molar-refractivity contribution < 1.29 is 14.3 Å². The highest BCUT2D eigenvalue weighted by molar-refractivity contribution is 5.84. The number of carbonyl (C=O) groups excluding carboxylic acids is 1. The fourth-order valence-electron chi connectivity index (χ4n) is 1.77. The highest BCUT2D eigenvalue weighted by Crippen LogP contribution is 2.23. The number of aromatic nitrogens is 1. The molecule has 0 saturated heterocycles. The number of hydrogen-bond donors (Lipinski definition) is 1. The van der Waals surface area contributed by atoms with E-state index in [4.69, 9.17) is 10.5 Å². The standard InChI is InChI=1S/C14H16N2O3/c1-18-14(17)11(15)7-9-19-13-6-2-5-12-10(13)4-3-8-16-12/h2-6,8,11H,7,9,15H2,1H3. The van der Waals surface area contributed by atoms with Gasteiger partial charge in [-0.2, -0.15) is 0 Å². The first-order valence-corrected chi connectivity index (χ1v) is 6.02. The lowest BCUT2D eigenvalue weighted by Gasteiger charge is -2.11. The van der Waals surface area contributed by atoms with Crippen molar-refractivity contribution >= 4 is 16.9 Å². The first-order chi connectivity index (χ1) is 9.22. The minimum absolute atomic E-state index is 0.351. The van der Waals surface area contributed by atoms with Gasteiger partial charge in [0.25, 0.3) is 0 Å². The molecule has 2 N–H and O–H groups in total. The number of pyridine rings is 1. The van der Waals surface area contributed by atoms with Crippen molar-refractivity contribution in [2.75, 3.05) is 13.7 Å². The summed E-state index contributed by atoms with van der Waals surface area (Å²) in [6, 6.07) is 8.81. The van der Waals surface area contributed by atoms with Crippen LogP contribution in [0.3, 0.4) is 0 Å². The molecule has 1 unspecified atom stereocenters. The Labute approximate surface area is 111 Å². The fraction of sp³-hybridized carbons (Fsp3) is 0.286. The zero-order chi connectivity index (χ0) is 13.7. The van der Waals surface area contributed by atoms with Gasteiger partial charge in [-0.3, -0.25) is 9.78 Å². The first kappa shape index (κ1) is 13.3. The molecule has 0 fully saturated rings. The van der Waals surface area contributed by atoms with Crippen molar-refractivity contribution in [1.29, 1.82) is 0 Å². The van der Waals surface area contributed by atoms with Gasteiger partial charge in [-0.05, 0) is 24.3 Å². The van der Waals surface area contributed by atoms with Crippen molar-refractivity contribution in [1.82, 2.24) is 4.98 Å². The second kappa shape index (κ2) is 6.15. The molecule has 5 nitrogen and oxygen atoms in total. The van der Waals surface area contributed by atoms with Crippen LogP contribution in [0.1, 0.15) is 6.42 Å². The maximum atomic E-state index is 11.2. The summed E-state index contributed by atoms with van der Waals surface area (Å²) >= 11 is 0. The normalized spacial score (nSPS) is 12.1. The van der Waals surface area contributed by atoms with Gasteiger partial charge in [0.15, 0.2) is 0 Å². The minimum atomic E-state index is -0.655. The van der Waals surface area contributed by atoms with Crippen molar-refractivity contribution in [2.24, 2.45) is 5.73 Å². The Kier molecular flexibility index (Phi) is 4.30. The summed E-state index contributed by atoms with van der Waals surface area (Å²) in [5, 5.41) is 0.941. The molecular formula is C14H16N2O3. The molecule has 0 amide bonds. The summed E-state index contributed by atoms with van der Waals surface area (Å²) in [5.74, 6) is 0.311. The van der Waals surface area contributed by atoms with Crippen LogP contribution in [0.2, 0.25) is 0 Å². The predicted octanol–water partition coefficient (Wildman–Crippen LogP) is 1.50. The van der Waals surface area contributed by atoms with Gasteiger partial charge in [0, 0.05) is 18.0 Å². The summed E-state index contributed by atoms with van der Waals surface area (Å²) in [4.78, 5) is 15.4. The Morgan fingerprint density at radius 1 is 1.37 bits per heavy atom. The van der Waals surface area contributed by atoms with E-state index in [0.29, 0.717) is 13.0 Å². The summed E-state index contributed by atoms with van der Waals surface area (Å²) < 4.78 is 10.2. The Bertz CT molecular complexity index is 566. The van der Waals surface area contributed by atoms with E-state index < -0.39 is 12.0 Å². The summed E-state index contributed by atoms with van der Waals surface area (Å²) in [6.07, 6.45) is 2.14. The number of carbonyl (C=O) groups is 1. The van der Waals surface area contributed by atoms with E-state index in [1.165, 1.54) is 7.11 Å². The first-order valence-electron chi connectivity index (χ1n) is 6.02. The van der Waals surface area contributed by atoms with Crippen LogP contribution in [0.25, 0.3) is 10.9 Å².